The largest absolute Gasteiger partial charge is 0.375 e. The van der Waals surface area contributed by atoms with Gasteiger partial charge in [-0.2, -0.15) is 5.10 Å². The molecule has 86 valence electrons. The van der Waals surface area contributed by atoms with Gasteiger partial charge in [-0.15, -0.1) is 0 Å². The molecule has 0 bridgehead atoms. The highest BCUT2D eigenvalue weighted by molar-refractivity contribution is 7.22. The number of nitrogens with zero attached hydrogens (tertiary/aromatic N) is 3. The van der Waals surface area contributed by atoms with Gasteiger partial charge in [0.2, 0.25) is 0 Å². The van der Waals surface area contributed by atoms with Crippen LogP contribution in [0.15, 0.2) is 24.3 Å². The lowest BCUT2D eigenvalue weighted by atomic mass is 10.3. The maximum Gasteiger partial charge on any atom is 0.181 e. The van der Waals surface area contributed by atoms with Crippen LogP contribution < -0.4 is 5.73 Å². The second-order valence-electron chi connectivity index (χ2n) is 4.04. The number of rotatable bonds is 1. The van der Waals surface area contributed by atoms with Gasteiger partial charge in [0, 0.05) is 5.69 Å². The summed E-state index contributed by atoms with van der Waals surface area (Å²) in [4.78, 5) is 4.24. The molecule has 0 aliphatic rings. The Kier molecular flexibility index (Phi) is 2.16. The van der Waals surface area contributed by atoms with E-state index in [2.05, 4.69) is 22.2 Å². The lowest BCUT2D eigenvalue weighted by Gasteiger charge is -2.03. The number of aromatic nitrogens is 3. The van der Waals surface area contributed by atoms with E-state index >= 15 is 0 Å². The van der Waals surface area contributed by atoms with Crippen molar-refractivity contribution in [2.75, 3.05) is 5.73 Å². The van der Waals surface area contributed by atoms with Gasteiger partial charge in [-0.25, -0.2) is 9.67 Å². The Balaban J connectivity index is 2.20. The number of anilines is 1. The van der Waals surface area contributed by atoms with Gasteiger partial charge in [-0.3, -0.25) is 0 Å². The van der Waals surface area contributed by atoms with Crippen molar-refractivity contribution in [1.82, 2.24) is 14.8 Å². The Bertz CT molecular complexity index is 696. The minimum absolute atomic E-state index is 0.602. The molecule has 4 nitrogen and oxygen atoms in total. The predicted octanol–water partition coefficient (Wildman–Crippen LogP) is 2.68. The molecule has 0 unspecified atom stereocenters. The standard InChI is InChI=1S/C12H12N4S/c1-7-5-8(2)16(15-7)9-3-4-10-11(6-9)17-12(13)14-10/h3-6H,1-2H3,(H2,13,14). The molecule has 3 rings (SSSR count). The summed E-state index contributed by atoms with van der Waals surface area (Å²) in [5, 5.41) is 5.07. The van der Waals surface area contributed by atoms with Crippen LogP contribution in [0.2, 0.25) is 0 Å². The van der Waals surface area contributed by atoms with Crippen molar-refractivity contribution in [3.8, 4) is 5.69 Å². The minimum Gasteiger partial charge on any atom is -0.375 e. The van der Waals surface area contributed by atoms with Crippen LogP contribution in [0.4, 0.5) is 5.13 Å². The van der Waals surface area contributed by atoms with Crippen molar-refractivity contribution in [2.45, 2.75) is 13.8 Å². The molecule has 2 N–H and O–H groups in total. The molecule has 0 aliphatic heterocycles. The Hall–Kier alpha value is -1.88. The van der Waals surface area contributed by atoms with Gasteiger partial charge >= 0.3 is 0 Å². The van der Waals surface area contributed by atoms with E-state index in [0.29, 0.717) is 5.13 Å². The van der Waals surface area contributed by atoms with E-state index in [1.807, 2.05) is 30.7 Å². The molecule has 0 saturated heterocycles. The third-order valence-electron chi connectivity index (χ3n) is 2.64. The zero-order chi connectivity index (χ0) is 12.0. The summed E-state index contributed by atoms with van der Waals surface area (Å²) in [5.74, 6) is 0. The molecule has 3 aromatic rings. The van der Waals surface area contributed by atoms with Crippen molar-refractivity contribution in [3.63, 3.8) is 0 Å². The van der Waals surface area contributed by atoms with Crippen molar-refractivity contribution in [2.24, 2.45) is 0 Å². The Labute approximate surface area is 103 Å². The summed E-state index contributed by atoms with van der Waals surface area (Å²) in [6.07, 6.45) is 0. The van der Waals surface area contributed by atoms with Gasteiger partial charge in [0.15, 0.2) is 5.13 Å². The van der Waals surface area contributed by atoms with E-state index in [0.717, 1.165) is 27.3 Å². The first kappa shape index (κ1) is 10.3. The number of nitrogen functional groups attached to an aromatic ring is 1. The highest BCUT2D eigenvalue weighted by atomic mass is 32.1. The van der Waals surface area contributed by atoms with Crippen LogP contribution in [0.3, 0.4) is 0 Å². The maximum absolute atomic E-state index is 5.70. The number of aryl methyl sites for hydroxylation is 2. The van der Waals surface area contributed by atoms with Gasteiger partial charge in [0.05, 0.1) is 21.6 Å². The van der Waals surface area contributed by atoms with Crippen LogP contribution in [0.25, 0.3) is 15.9 Å². The average molecular weight is 244 g/mol. The van der Waals surface area contributed by atoms with Crippen LogP contribution in [-0.4, -0.2) is 14.8 Å². The van der Waals surface area contributed by atoms with Crippen LogP contribution in [0, 0.1) is 13.8 Å². The van der Waals surface area contributed by atoms with Gasteiger partial charge < -0.3 is 5.73 Å². The SMILES string of the molecule is Cc1cc(C)n(-c2ccc3nc(N)sc3c2)n1. The fourth-order valence-corrected chi connectivity index (χ4v) is 2.72. The molecule has 0 aliphatic carbocycles. The van der Waals surface area contributed by atoms with Crippen LogP contribution in [0.5, 0.6) is 0 Å². The number of nitrogens with two attached hydrogens (primary N) is 1. The highest BCUT2D eigenvalue weighted by Gasteiger charge is 2.06. The minimum atomic E-state index is 0.602. The molecule has 2 aromatic heterocycles. The molecule has 1 aromatic carbocycles. The van der Waals surface area contributed by atoms with Crippen LogP contribution in [0.1, 0.15) is 11.4 Å². The van der Waals surface area contributed by atoms with E-state index < -0.39 is 0 Å². The fourth-order valence-electron chi connectivity index (χ4n) is 1.95. The number of benzene rings is 1. The monoisotopic (exact) mass is 244 g/mol. The topological polar surface area (TPSA) is 56.7 Å². The molecule has 2 heterocycles. The van der Waals surface area contributed by atoms with Crippen molar-refractivity contribution in [1.29, 1.82) is 0 Å². The molecule has 5 heteroatoms. The third-order valence-corrected chi connectivity index (χ3v) is 3.49. The number of hydrogen-bond acceptors (Lipinski definition) is 4. The maximum atomic E-state index is 5.70. The molecule has 0 spiro atoms. The zero-order valence-corrected chi connectivity index (χ0v) is 10.5. The molecule has 0 fully saturated rings. The molecule has 0 atom stereocenters. The quantitative estimate of drug-likeness (QED) is 0.716. The Morgan fingerprint density at radius 2 is 2.06 bits per heavy atom. The average Bonchev–Trinajstić information content (AvgIpc) is 2.78. The first-order chi connectivity index (χ1) is 8.13. The van der Waals surface area contributed by atoms with E-state index in [4.69, 9.17) is 5.73 Å². The summed E-state index contributed by atoms with van der Waals surface area (Å²) < 4.78 is 3.03. The molecular weight excluding hydrogens is 232 g/mol. The summed E-state index contributed by atoms with van der Waals surface area (Å²) in [5.41, 5.74) is 9.83. The lowest BCUT2D eigenvalue weighted by Crippen LogP contribution is -1.98. The van der Waals surface area contributed by atoms with E-state index in [9.17, 15) is 0 Å². The third kappa shape index (κ3) is 1.68. The normalized spacial score (nSPS) is 11.2. The molecular formula is C12H12N4S. The molecule has 0 saturated carbocycles. The first-order valence-electron chi connectivity index (χ1n) is 5.33. The van der Waals surface area contributed by atoms with E-state index in [1.54, 1.807) is 0 Å². The van der Waals surface area contributed by atoms with Crippen LogP contribution >= 0.6 is 11.3 Å². The van der Waals surface area contributed by atoms with Crippen LogP contribution in [-0.2, 0) is 0 Å². The molecule has 0 amide bonds. The number of fused-ring (bicyclic) bond motifs is 1. The summed E-state index contributed by atoms with van der Waals surface area (Å²) in [7, 11) is 0. The van der Waals surface area contributed by atoms with Crippen molar-refractivity contribution >= 4 is 26.7 Å². The smallest absolute Gasteiger partial charge is 0.181 e. The summed E-state index contributed by atoms with van der Waals surface area (Å²) in [6.45, 7) is 4.04. The Morgan fingerprint density at radius 3 is 2.76 bits per heavy atom. The summed E-state index contributed by atoms with van der Waals surface area (Å²) in [6, 6.07) is 8.13. The second kappa shape index (κ2) is 3.56. The van der Waals surface area contributed by atoms with Crippen molar-refractivity contribution < 1.29 is 0 Å². The zero-order valence-electron chi connectivity index (χ0n) is 9.64. The van der Waals surface area contributed by atoms with Crippen molar-refractivity contribution in [3.05, 3.63) is 35.7 Å². The molecule has 17 heavy (non-hydrogen) atoms. The van der Waals surface area contributed by atoms with E-state index in [-0.39, 0.29) is 0 Å². The Morgan fingerprint density at radius 1 is 1.24 bits per heavy atom. The number of hydrogen-bond donors (Lipinski definition) is 1. The van der Waals surface area contributed by atoms with Gasteiger partial charge in [0.1, 0.15) is 0 Å². The lowest BCUT2D eigenvalue weighted by molar-refractivity contribution is 0.835. The molecule has 0 radical (unpaired) electrons. The summed E-state index contributed by atoms with van der Waals surface area (Å²) >= 11 is 1.50. The predicted molar refractivity (Wildman–Crippen MR) is 70.6 cm³/mol. The highest BCUT2D eigenvalue weighted by Crippen LogP contribution is 2.26. The first-order valence-corrected chi connectivity index (χ1v) is 6.15. The fraction of sp³-hybridized carbons (Fsp3) is 0.167. The second-order valence-corrected chi connectivity index (χ2v) is 5.11. The number of thiazole rings is 1. The van der Waals surface area contributed by atoms with Gasteiger partial charge in [-0.1, -0.05) is 11.3 Å². The van der Waals surface area contributed by atoms with E-state index in [1.165, 1.54) is 11.3 Å². The van der Waals surface area contributed by atoms with Gasteiger partial charge in [0.25, 0.3) is 0 Å². The van der Waals surface area contributed by atoms with Gasteiger partial charge in [-0.05, 0) is 38.1 Å².